The van der Waals surface area contributed by atoms with Crippen molar-refractivity contribution in [1.29, 1.82) is 0 Å². The van der Waals surface area contributed by atoms with E-state index in [4.69, 9.17) is 10.5 Å². The van der Waals surface area contributed by atoms with Crippen LogP contribution in [0.3, 0.4) is 0 Å². The van der Waals surface area contributed by atoms with Crippen molar-refractivity contribution in [1.82, 2.24) is 0 Å². The summed E-state index contributed by atoms with van der Waals surface area (Å²) in [7, 11) is 0. The van der Waals surface area contributed by atoms with Gasteiger partial charge < -0.3 is 10.5 Å². The van der Waals surface area contributed by atoms with Crippen LogP contribution in [-0.4, -0.2) is 0 Å². The maximum atomic E-state index is 13.4. The summed E-state index contributed by atoms with van der Waals surface area (Å²) >= 11 is 0. The third-order valence-electron chi connectivity index (χ3n) is 4.01. The average Bonchev–Trinajstić information content (AvgIpc) is 2.49. The summed E-state index contributed by atoms with van der Waals surface area (Å²) < 4.78 is 19.3. The van der Waals surface area contributed by atoms with Crippen molar-refractivity contribution >= 4 is 0 Å². The molecule has 1 atom stereocenters. The molecule has 2 aromatic carbocycles. The molecular weight excluding hydrogens is 265 g/mol. The van der Waals surface area contributed by atoms with Crippen LogP contribution >= 0.6 is 0 Å². The van der Waals surface area contributed by atoms with Crippen molar-refractivity contribution < 1.29 is 9.13 Å². The smallest absolute Gasteiger partial charge is 0.132 e. The van der Waals surface area contributed by atoms with Gasteiger partial charge in [-0.25, -0.2) is 4.39 Å². The maximum absolute atomic E-state index is 13.4. The van der Waals surface area contributed by atoms with Gasteiger partial charge in [-0.05, 0) is 74.1 Å². The van der Waals surface area contributed by atoms with Gasteiger partial charge in [-0.1, -0.05) is 6.07 Å². The van der Waals surface area contributed by atoms with E-state index in [1.807, 2.05) is 13.0 Å². The molecule has 0 fully saturated rings. The van der Waals surface area contributed by atoms with Crippen LogP contribution in [0.2, 0.25) is 0 Å². The van der Waals surface area contributed by atoms with Crippen LogP contribution in [0, 0.1) is 5.82 Å². The lowest BCUT2D eigenvalue weighted by Gasteiger charge is -2.18. The Morgan fingerprint density at radius 3 is 2.57 bits per heavy atom. The Bertz CT molecular complexity index is 652. The highest BCUT2D eigenvalue weighted by Gasteiger charge is 2.13. The molecule has 0 saturated carbocycles. The highest BCUT2D eigenvalue weighted by atomic mass is 19.1. The molecule has 110 valence electrons. The van der Waals surface area contributed by atoms with Crippen molar-refractivity contribution in [3.05, 3.63) is 58.9 Å². The number of nitrogens with two attached hydrogens (primary N) is 1. The van der Waals surface area contributed by atoms with Crippen LogP contribution in [0.15, 0.2) is 36.4 Å². The second kappa shape index (κ2) is 5.86. The number of halogens is 1. The van der Waals surface area contributed by atoms with Crippen molar-refractivity contribution in [2.75, 3.05) is 0 Å². The van der Waals surface area contributed by atoms with Crippen LogP contribution in [0.4, 0.5) is 4.39 Å². The zero-order chi connectivity index (χ0) is 14.8. The first kappa shape index (κ1) is 14.1. The fraction of sp³-hybridized carbons (Fsp3) is 0.333. The van der Waals surface area contributed by atoms with Crippen molar-refractivity contribution in [2.24, 2.45) is 5.73 Å². The zero-order valence-electron chi connectivity index (χ0n) is 12.2. The van der Waals surface area contributed by atoms with Gasteiger partial charge in [-0.15, -0.1) is 0 Å². The number of fused-ring (bicyclic) bond motifs is 1. The van der Waals surface area contributed by atoms with Gasteiger partial charge in [-0.2, -0.15) is 0 Å². The fourth-order valence-corrected chi connectivity index (χ4v) is 2.87. The van der Waals surface area contributed by atoms with Gasteiger partial charge in [0.2, 0.25) is 0 Å². The lowest BCUT2D eigenvalue weighted by Crippen LogP contribution is -2.07. The first-order valence-electron chi connectivity index (χ1n) is 7.48. The molecule has 0 saturated heterocycles. The Balaban J connectivity index is 1.90. The van der Waals surface area contributed by atoms with Crippen molar-refractivity contribution in [3.63, 3.8) is 0 Å². The normalized spacial score (nSPS) is 15.4. The molecule has 2 aromatic rings. The summed E-state index contributed by atoms with van der Waals surface area (Å²) in [5, 5.41) is 0. The largest absolute Gasteiger partial charge is 0.457 e. The first-order chi connectivity index (χ1) is 10.1. The molecule has 0 bridgehead atoms. The number of rotatable bonds is 3. The predicted octanol–water partition coefficient (Wildman–Crippen LogP) is 4.52. The first-order valence-corrected chi connectivity index (χ1v) is 7.48. The molecule has 0 unspecified atom stereocenters. The molecule has 2 N–H and O–H groups in total. The van der Waals surface area contributed by atoms with Crippen LogP contribution in [0.5, 0.6) is 11.5 Å². The molecule has 0 aromatic heterocycles. The maximum Gasteiger partial charge on any atom is 0.132 e. The molecular formula is C18H20FNO. The van der Waals surface area contributed by atoms with Gasteiger partial charge in [0.25, 0.3) is 0 Å². The molecule has 1 aliphatic rings. The van der Waals surface area contributed by atoms with E-state index in [0.29, 0.717) is 11.3 Å². The molecule has 3 heteroatoms. The summed E-state index contributed by atoms with van der Waals surface area (Å²) in [6, 6.07) is 10.4. The summed E-state index contributed by atoms with van der Waals surface area (Å²) in [6.07, 6.45) is 4.76. The summed E-state index contributed by atoms with van der Waals surface area (Å²) in [5.74, 6) is 1.13. The highest BCUT2D eigenvalue weighted by Crippen LogP contribution is 2.32. The second-order valence-corrected chi connectivity index (χ2v) is 5.71. The van der Waals surface area contributed by atoms with Crippen LogP contribution in [0.1, 0.15) is 42.5 Å². The lowest BCUT2D eigenvalue weighted by atomic mass is 9.92. The highest BCUT2D eigenvalue weighted by molar-refractivity contribution is 5.43. The van der Waals surface area contributed by atoms with Gasteiger partial charge in [0.1, 0.15) is 17.3 Å². The van der Waals surface area contributed by atoms with Gasteiger partial charge in [0.15, 0.2) is 0 Å². The Kier molecular flexibility index (Phi) is 3.93. The van der Waals surface area contributed by atoms with Crippen LogP contribution in [0.25, 0.3) is 0 Å². The predicted molar refractivity (Wildman–Crippen MR) is 82.2 cm³/mol. The molecule has 0 amide bonds. The van der Waals surface area contributed by atoms with Gasteiger partial charge in [-0.3, -0.25) is 0 Å². The van der Waals surface area contributed by atoms with E-state index in [-0.39, 0.29) is 11.9 Å². The van der Waals surface area contributed by atoms with E-state index in [9.17, 15) is 4.39 Å². The third-order valence-corrected chi connectivity index (χ3v) is 4.01. The number of aryl methyl sites for hydroxylation is 2. The van der Waals surface area contributed by atoms with Gasteiger partial charge in [0.05, 0.1) is 0 Å². The molecule has 2 nitrogen and oxygen atoms in total. The molecule has 1 aliphatic carbocycles. The van der Waals surface area contributed by atoms with Gasteiger partial charge >= 0.3 is 0 Å². The molecule has 0 spiro atoms. The van der Waals surface area contributed by atoms with E-state index < -0.39 is 0 Å². The molecule has 21 heavy (non-hydrogen) atoms. The van der Waals surface area contributed by atoms with E-state index >= 15 is 0 Å². The van der Waals surface area contributed by atoms with E-state index in [1.54, 1.807) is 6.07 Å². The zero-order valence-corrected chi connectivity index (χ0v) is 12.2. The lowest BCUT2D eigenvalue weighted by molar-refractivity contribution is 0.467. The standard InChI is InChI=1S/C18H20FNO/c1-12(20)17-11-15(19)7-9-18(17)21-16-8-6-13-4-2-3-5-14(13)10-16/h6-12H,2-5,20H2,1H3/t12-/m0/s1. The van der Waals surface area contributed by atoms with Crippen molar-refractivity contribution in [3.8, 4) is 11.5 Å². The Morgan fingerprint density at radius 1 is 1.05 bits per heavy atom. The summed E-state index contributed by atoms with van der Waals surface area (Å²) in [5.41, 5.74) is 9.37. The van der Waals surface area contributed by atoms with E-state index in [1.165, 1.54) is 36.1 Å². The molecule has 0 heterocycles. The monoisotopic (exact) mass is 285 g/mol. The molecule has 0 aliphatic heterocycles. The Labute approximate surface area is 124 Å². The van der Waals surface area contributed by atoms with E-state index in [2.05, 4.69) is 12.1 Å². The quantitative estimate of drug-likeness (QED) is 0.900. The number of benzene rings is 2. The summed E-state index contributed by atoms with van der Waals surface area (Å²) in [6.45, 7) is 1.83. The van der Waals surface area contributed by atoms with E-state index in [0.717, 1.165) is 18.6 Å². The van der Waals surface area contributed by atoms with Crippen LogP contribution in [-0.2, 0) is 12.8 Å². The number of hydrogen-bond donors (Lipinski definition) is 1. The van der Waals surface area contributed by atoms with Crippen molar-refractivity contribution in [2.45, 2.75) is 38.6 Å². The SMILES string of the molecule is C[C@H](N)c1cc(F)ccc1Oc1ccc2c(c1)CCCC2. The topological polar surface area (TPSA) is 35.2 Å². The minimum atomic E-state index is -0.292. The third kappa shape index (κ3) is 3.08. The number of hydrogen-bond acceptors (Lipinski definition) is 2. The summed E-state index contributed by atoms with van der Waals surface area (Å²) in [4.78, 5) is 0. The Hall–Kier alpha value is -1.87. The number of ether oxygens (including phenoxy) is 1. The minimum Gasteiger partial charge on any atom is -0.457 e. The average molecular weight is 285 g/mol. The Morgan fingerprint density at radius 2 is 1.81 bits per heavy atom. The molecule has 3 rings (SSSR count). The minimum absolute atomic E-state index is 0.270. The molecule has 0 radical (unpaired) electrons. The second-order valence-electron chi connectivity index (χ2n) is 5.71. The van der Waals surface area contributed by atoms with Gasteiger partial charge in [0, 0.05) is 11.6 Å². The fourth-order valence-electron chi connectivity index (χ4n) is 2.87. The van der Waals surface area contributed by atoms with Crippen LogP contribution < -0.4 is 10.5 Å².